The molecule has 0 bridgehead atoms. The number of aryl methyl sites for hydroxylation is 1. The van der Waals surface area contributed by atoms with Crippen LogP contribution in [0.15, 0.2) is 36.7 Å². The van der Waals surface area contributed by atoms with Gasteiger partial charge in [-0.3, -0.25) is 4.68 Å². The number of nitrogen functional groups attached to an aromatic ring is 1. The molecule has 0 spiro atoms. The Labute approximate surface area is 123 Å². The largest absolute Gasteiger partial charge is 0.462 e. The van der Waals surface area contributed by atoms with Crippen molar-refractivity contribution in [3.63, 3.8) is 0 Å². The van der Waals surface area contributed by atoms with Crippen LogP contribution in [0.25, 0.3) is 0 Å². The number of nitrogens with two attached hydrogens (primary N) is 1. The minimum Gasteiger partial charge on any atom is -0.462 e. The van der Waals surface area contributed by atoms with Crippen molar-refractivity contribution < 1.29 is 9.53 Å². The average molecular weight is 288 g/mol. The molecule has 0 fully saturated rings. The van der Waals surface area contributed by atoms with Gasteiger partial charge in [-0.05, 0) is 37.6 Å². The summed E-state index contributed by atoms with van der Waals surface area (Å²) in [5.74, 6) is -0.362. The maximum absolute atomic E-state index is 11.9. The Balaban J connectivity index is 1.94. The number of ether oxygens (including phenoxy) is 1. The quantitative estimate of drug-likeness (QED) is 0.463. The summed E-state index contributed by atoms with van der Waals surface area (Å²) in [5, 5.41) is 7.39. The van der Waals surface area contributed by atoms with Gasteiger partial charge in [-0.1, -0.05) is 0 Å². The van der Waals surface area contributed by atoms with Gasteiger partial charge in [-0.15, -0.1) is 0 Å². The lowest BCUT2D eigenvalue weighted by Crippen LogP contribution is -2.12. The summed E-state index contributed by atoms with van der Waals surface area (Å²) in [6.07, 6.45) is 4.58. The van der Waals surface area contributed by atoms with Crippen molar-refractivity contribution >= 4 is 17.3 Å². The molecule has 112 valence electrons. The minimum atomic E-state index is -0.362. The number of rotatable bonds is 7. The Bertz CT molecular complexity index is 581. The molecule has 0 aliphatic rings. The fourth-order valence-electron chi connectivity index (χ4n) is 1.99. The normalized spacial score (nSPS) is 10.3. The Morgan fingerprint density at radius 1 is 1.48 bits per heavy atom. The first kappa shape index (κ1) is 14.9. The molecule has 21 heavy (non-hydrogen) atoms. The molecular formula is C15H20N4O2. The number of aromatic nitrogens is 2. The number of esters is 1. The number of nitrogens with one attached hydrogen (secondary N) is 1. The molecule has 0 unspecified atom stereocenters. The van der Waals surface area contributed by atoms with Gasteiger partial charge < -0.3 is 15.8 Å². The lowest BCUT2D eigenvalue weighted by molar-refractivity contribution is 0.0527. The number of hydrogen-bond acceptors (Lipinski definition) is 5. The molecular weight excluding hydrogens is 268 g/mol. The van der Waals surface area contributed by atoms with Crippen LogP contribution in [0.2, 0.25) is 0 Å². The highest BCUT2D eigenvalue weighted by molar-refractivity contribution is 5.96. The predicted molar refractivity (Wildman–Crippen MR) is 82.1 cm³/mol. The van der Waals surface area contributed by atoms with Crippen molar-refractivity contribution in [2.45, 2.75) is 19.9 Å². The van der Waals surface area contributed by atoms with E-state index in [-0.39, 0.29) is 5.97 Å². The van der Waals surface area contributed by atoms with E-state index in [0.29, 0.717) is 17.9 Å². The molecule has 1 heterocycles. The average Bonchev–Trinajstić information content (AvgIpc) is 2.98. The molecule has 3 N–H and O–H groups in total. The molecule has 6 nitrogen and oxygen atoms in total. The van der Waals surface area contributed by atoms with Crippen molar-refractivity contribution in [1.29, 1.82) is 0 Å². The highest BCUT2D eigenvalue weighted by atomic mass is 16.5. The molecule has 0 aliphatic heterocycles. The monoisotopic (exact) mass is 288 g/mol. The van der Waals surface area contributed by atoms with Gasteiger partial charge in [-0.2, -0.15) is 5.10 Å². The minimum absolute atomic E-state index is 0.340. The lowest BCUT2D eigenvalue weighted by Gasteiger charge is -2.12. The van der Waals surface area contributed by atoms with Crippen LogP contribution in [-0.2, 0) is 11.3 Å². The van der Waals surface area contributed by atoms with Crippen molar-refractivity contribution in [3.8, 4) is 0 Å². The third kappa shape index (κ3) is 4.24. The smallest absolute Gasteiger partial charge is 0.340 e. The molecule has 0 amide bonds. The van der Waals surface area contributed by atoms with Crippen LogP contribution in [0.5, 0.6) is 0 Å². The lowest BCUT2D eigenvalue weighted by atomic mass is 10.1. The van der Waals surface area contributed by atoms with Crippen LogP contribution in [0, 0.1) is 0 Å². The Morgan fingerprint density at radius 3 is 3.05 bits per heavy atom. The Kier molecular flexibility index (Phi) is 5.20. The maximum Gasteiger partial charge on any atom is 0.340 e. The van der Waals surface area contributed by atoms with E-state index in [1.807, 2.05) is 16.9 Å². The second-order valence-electron chi connectivity index (χ2n) is 4.57. The van der Waals surface area contributed by atoms with E-state index in [1.165, 1.54) is 0 Å². The summed E-state index contributed by atoms with van der Waals surface area (Å²) in [7, 11) is 0. The number of carbonyl (C=O) groups is 1. The van der Waals surface area contributed by atoms with E-state index in [2.05, 4.69) is 10.4 Å². The number of hydrogen-bond donors (Lipinski definition) is 2. The molecule has 0 aliphatic carbocycles. The van der Waals surface area contributed by atoms with E-state index in [4.69, 9.17) is 10.5 Å². The fraction of sp³-hybridized carbons (Fsp3) is 0.333. The summed E-state index contributed by atoms with van der Waals surface area (Å²) in [5.41, 5.74) is 7.48. The predicted octanol–water partition coefficient (Wildman–Crippen LogP) is 2.14. The molecule has 6 heteroatoms. The van der Waals surface area contributed by atoms with E-state index < -0.39 is 0 Å². The van der Waals surface area contributed by atoms with Crippen LogP contribution >= 0.6 is 0 Å². The summed E-state index contributed by atoms with van der Waals surface area (Å²) in [6, 6.07) is 7.09. The van der Waals surface area contributed by atoms with Crippen molar-refractivity contribution in [3.05, 3.63) is 42.2 Å². The van der Waals surface area contributed by atoms with E-state index >= 15 is 0 Å². The molecule has 0 saturated heterocycles. The zero-order chi connectivity index (χ0) is 15.1. The molecule has 1 aromatic heterocycles. The molecule has 0 atom stereocenters. The third-order valence-corrected chi connectivity index (χ3v) is 2.98. The number of anilines is 2. The number of carbonyl (C=O) groups excluding carboxylic acids is 1. The van der Waals surface area contributed by atoms with Gasteiger partial charge in [0.05, 0.1) is 12.2 Å². The van der Waals surface area contributed by atoms with Crippen molar-refractivity contribution in [2.75, 3.05) is 24.2 Å². The summed E-state index contributed by atoms with van der Waals surface area (Å²) in [6.45, 7) is 3.67. The first-order valence-electron chi connectivity index (χ1n) is 6.98. The zero-order valence-corrected chi connectivity index (χ0v) is 12.1. The third-order valence-electron chi connectivity index (χ3n) is 2.98. The standard InChI is InChI=1S/C15H20N4O2/c1-2-21-15(20)13-11-12(16)5-6-14(13)17-7-3-9-19-10-4-8-18-19/h4-6,8,10-11,17H,2-3,7,9,16H2,1H3. The van der Waals surface area contributed by atoms with Gasteiger partial charge in [0.15, 0.2) is 0 Å². The van der Waals surface area contributed by atoms with Gasteiger partial charge in [0.1, 0.15) is 0 Å². The fourth-order valence-corrected chi connectivity index (χ4v) is 1.99. The summed E-state index contributed by atoms with van der Waals surface area (Å²) in [4.78, 5) is 11.9. The first-order chi connectivity index (χ1) is 10.2. The van der Waals surface area contributed by atoms with Crippen LogP contribution in [0.4, 0.5) is 11.4 Å². The topological polar surface area (TPSA) is 82.2 Å². The number of nitrogens with zero attached hydrogens (tertiary/aromatic N) is 2. The SMILES string of the molecule is CCOC(=O)c1cc(N)ccc1NCCCn1cccn1. The summed E-state index contributed by atoms with van der Waals surface area (Å²) < 4.78 is 6.91. The molecule has 0 radical (unpaired) electrons. The first-order valence-corrected chi connectivity index (χ1v) is 6.98. The van der Waals surface area contributed by atoms with Gasteiger partial charge in [0, 0.05) is 36.9 Å². The van der Waals surface area contributed by atoms with E-state index in [1.54, 1.807) is 31.3 Å². The van der Waals surface area contributed by atoms with Gasteiger partial charge >= 0.3 is 5.97 Å². The summed E-state index contributed by atoms with van der Waals surface area (Å²) >= 11 is 0. The van der Waals surface area contributed by atoms with Gasteiger partial charge in [0.25, 0.3) is 0 Å². The maximum atomic E-state index is 11.9. The van der Waals surface area contributed by atoms with Crippen LogP contribution in [-0.4, -0.2) is 28.9 Å². The van der Waals surface area contributed by atoms with E-state index in [9.17, 15) is 4.79 Å². The van der Waals surface area contributed by atoms with Crippen molar-refractivity contribution in [1.82, 2.24) is 9.78 Å². The van der Waals surface area contributed by atoms with Crippen molar-refractivity contribution in [2.24, 2.45) is 0 Å². The highest BCUT2D eigenvalue weighted by Gasteiger charge is 2.12. The van der Waals surface area contributed by atoms with Gasteiger partial charge in [0.2, 0.25) is 0 Å². The van der Waals surface area contributed by atoms with Crippen LogP contribution in [0.1, 0.15) is 23.7 Å². The van der Waals surface area contributed by atoms with E-state index in [0.717, 1.165) is 25.2 Å². The van der Waals surface area contributed by atoms with Gasteiger partial charge in [-0.25, -0.2) is 4.79 Å². The Morgan fingerprint density at radius 2 is 2.33 bits per heavy atom. The highest BCUT2D eigenvalue weighted by Crippen LogP contribution is 2.20. The second kappa shape index (κ2) is 7.33. The molecule has 2 aromatic rings. The van der Waals surface area contributed by atoms with Crippen LogP contribution in [0.3, 0.4) is 0 Å². The molecule has 0 saturated carbocycles. The molecule has 1 aromatic carbocycles. The van der Waals surface area contributed by atoms with Crippen LogP contribution < -0.4 is 11.1 Å². The molecule has 2 rings (SSSR count). The Hall–Kier alpha value is -2.50. The number of benzene rings is 1. The zero-order valence-electron chi connectivity index (χ0n) is 12.1. The second-order valence-corrected chi connectivity index (χ2v) is 4.57.